The Kier molecular flexibility index (Phi) is 6.49. The topological polar surface area (TPSA) is 47.6 Å². The molecule has 140 valence electrons. The summed E-state index contributed by atoms with van der Waals surface area (Å²) in [6, 6.07) is 15.5. The predicted molar refractivity (Wildman–Crippen MR) is 110 cm³/mol. The Labute approximate surface area is 163 Å². The number of ether oxygens (including phenoxy) is 2. The molecule has 0 aliphatic heterocycles. The molecule has 0 bridgehead atoms. The van der Waals surface area contributed by atoms with E-state index in [9.17, 15) is 4.79 Å². The van der Waals surface area contributed by atoms with Gasteiger partial charge in [-0.15, -0.1) is 0 Å². The minimum Gasteiger partial charge on any atom is -0.490 e. The third-order valence-corrected chi connectivity index (χ3v) is 4.75. The smallest absolute Gasteiger partial charge is 0.251 e. The molecule has 1 N–H and O–H groups in total. The molecule has 1 aromatic heterocycles. The van der Waals surface area contributed by atoms with E-state index >= 15 is 0 Å². The van der Waals surface area contributed by atoms with Crippen LogP contribution < -0.4 is 14.8 Å². The molecule has 0 saturated carbocycles. The summed E-state index contributed by atoms with van der Waals surface area (Å²) in [4.78, 5) is 12.4. The van der Waals surface area contributed by atoms with E-state index in [1.807, 2.05) is 61.7 Å². The standard InChI is InChI=1S/C22H23NO3S/c1-3-25-20-10-5-16(13-21(20)26-4-2)14-23-22(24)18-8-6-17(7-9-18)19-11-12-27-15-19/h5-13,15H,3-4,14H2,1-2H3,(H,23,24). The number of carbonyl (C=O) groups excluding carboxylic acids is 1. The van der Waals surface area contributed by atoms with Crippen LogP contribution in [0.25, 0.3) is 11.1 Å². The van der Waals surface area contributed by atoms with Crippen LogP contribution in [-0.4, -0.2) is 19.1 Å². The maximum Gasteiger partial charge on any atom is 0.251 e. The van der Waals surface area contributed by atoms with Crippen LogP contribution in [0.1, 0.15) is 29.8 Å². The lowest BCUT2D eigenvalue weighted by Gasteiger charge is -2.13. The highest BCUT2D eigenvalue weighted by Crippen LogP contribution is 2.28. The fourth-order valence-electron chi connectivity index (χ4n) is 2.73. The number of carbonyl (C=O) groups is 1. The summed E-state index contributed by atoms with van der Waals surface area (Å²) >= 11 is 1.66. The molecule has 0 spiro atoms. The second-order valence-electron chi connectivity index (χ2n) is 5.92. The quantitative estimate of drug-likeness (QED) is 0.587. The summed E-state index contributed by atoms with van der Waals surface area (Å²) in [6.07, 6.45) is 0. The van der Waals surface area contributed by atoms with Gasteiger partial charge in [0.25, 0.3) is 5.91 Å². The van der Waals surface area contributed by atoms with Gasteiger partial charge in [-0.25, -0.2) is 0 Å². The molecule has 0 atom stereocenters. The van der Waals surface area contributed by atoms with Crippen molar-refractivity contribution < 1.29 is 14.3 Å². The number of hydrogen-bond acceptors (Lipinski definition) is 4. The zero-order chi connectivity index (χ0) is 19.1. The first-order chi connectivity index (χ1) is 13.2. The number of rotatable bonds is 8. The molecule has 0 aliphatic carbocycles. The van der Waals surface area contributed by atoms with E-state index in [2.05, 4.69) is 16.8 Å². The van der Waals surface area contributed by atoms with Gasteiger partial charge < -0.3 is 14.8 Å². The number of hydrogen-bond donors (Lipinski definition) is 1. The summed E-state index contributed by atoms with van der Waals surface area (Å²) < 4.78 is 11.2. The fourth-order valence-corrected chi connectivity index (χ4v) is 3.40. The maximum absolute atomic E-state index is 12.4. The molecule has 0 unspecified atom stereocenters. The summed E-state index contributed by atoms with van der Waals surface area (Å²) in [7, 11) is 0. The van der Waals surface area contributed by atoms with Gasteiger partial charge in [0.2, 0.25) is 0 Å². The molecule has 3 rings (SSSR count). The van der Waals surface area contributed by atoms with E-state index in [4.69, 9.17) is 9.47 Å². The van der Waals surface area contributed by atoms with Crippen LogP contribution in [-0.2, 0) is 6.54 Å². The molecule has 1 heterocycles. The van der Waals surface area contributed by atoms with E-state index in [0.717, 1.165) is 16.9 Å². The molecule has 0 radical (unpaired) electrons. The molecule has 0 fully saturated rings. The molecule has 4 nitrogen and oxygen atoms in total. The minimum atomic E-state index is -0.0984. The van der Waals surface area contributed by atoms with E-state index in [-0.39, 0.29) is 5.91 Å². The number of amides is 1. The molecule has 1 amide bonds. The first-order valence-corrected chi connectivity index (χ1v) is 9.95. The molecular formula is C22H23NO3S. The zero-order valence-electron chi connectivity index (χ0n) is 15.5. The van der Waals surface area contributed by atoms with Crippen LogP contribution in [0.4, 0.5) is 0 Å². The highest BCUT2D eigenvalue weighted by atomic mass is 32.1. The third kappa shape index (κ3) is 4.89. The third-order valence-electron chi connectivity index (χ3n) is 4.06. The Bertz CT molecular complexity index is 873. The van der Waals surface area contributed by atoms with Gasteiger partial charge in [-0.1, -0.05) is 18.2 Å². The summed E-state index contributed by atoms with van der Waals surface area (Å²) in [5.41, 5.74) is 3.89. The van der Waals surface area contributed by atoms with E-state index in [0.29, 0.717) is 31.1 Å². The van der Waals surface area contributed by atoms with Gasteiger partial charge >= 0.3 is 0 Å². The van der Waals surface area contributed by atoms with Gasteiger partial charge in [0.15, 0.2) is 11.5 Å². The minimum absolute atomic E-state index is 0.0984. The van der Waals surface area contributed by atoms with Gasteiger partial charge in [-0.05, 0) is 71.6 Å². The van der Waals surface area contributed by atoms with Gasteiger partial charge in [-0.3, -0.25) is 4.79 Å². The van der Waals surface area contributed by atoms with Crippen LogP contribution in [0.2, 0.25) is 0 Å². The molecule has 5 heteroatoms. The highest BCUT2D eigenvalue weighted by Gasteiger charge is 2.09. The lowest BCUT2D eigenvalue weighted by atomic mass is 10.1. The molecule has 0 saturated heterocycles. The predicted octanol–water partition coefficient (Wildman–Crippen LogP) is 5.14. The molecule has 0 aliphatic rings. The number of thiophene rings is 1. The Morgan fingerprint density at radius 1 is 0.926 bits per heavy atom. The second kappa shape index (κ2) is 9.24. The van der Waals surface area contributed by atoms with E-state index < -0.39 is 0 Å². The Morgan fingerprint density at radius 3 is 2.33 bits per heavy atom. The molecule has 2 aromatic carbocycles. The van der Waals surface area contributed by atoms with Crippen molar-refractivity contribution in [3.05, 3.63) is 70.4 Å². The van der Waals surface area contributed by atoms with Crippen LogP contribution in [0.5, 0.6) is 11.5 Å². The van der Waals surface area contributed by atoms with E-state index in [1.165, 1.54) is 5.56 Å². The Balaban J connectivity index is 1.64. The van der Waals surface area contributed by atoms with Crippen LogP contribution in [0, 0.1) is 0 Å². The highest BCUT2D eigenvalue weighted by molar-refractivity contribution is 7.08. The van der Waals surface area contributed by atoms with Crippen molar-refractivity contribution >= 4 is 17.2 Å². The summed E-state index contributed by atoms with van der Waals surface area (Å²) in [5.74, 6) is 1.32. The van der Waals surface area contributed by atoms with Crippen molar-refractivity contribution in [3.63, 3.8) is 0 Å². The van der Waals surface area contributed by atoms with Crippen molar-refractivity contribution in [2.75, 3.05) is 13.2 Å². The zero-order valence-corrected chi connectivity index (χ0v) is 16.3. The first kappa shape index (κ1) is 19.0. The molecular weight excluding hydrogens is 358 g/mol. The first-order valence-electron chi connectivity index (χ1n) is 9.00. The van der Waals surface area contributed by atoms with Crippen LogP contribution in [0.3, 0.4) is 0 Å². The van der Waals surface area contributed by atoms with Gasteiger partial charge in [0, 0.05) is 12.1 Å². The Hall–Kier alpha value is -2.79. The lowest BCUT2D eigenvalue weighted by Crippen LogP contribution is -2.22. The number of benzene rings is 2. The van der Waals surface area contributed by atoms with Crippen molar-refractivity contribution in [3.8, 4) is 22.6 Å². The normalized spacial score (nSPS) is 10.4. The van der Waals surface area contributed by atoms with Crippen molar-refractivity contribution in [2.45, 2.75) is 20.4 Å². The van der Waals surface area contributed by atoms with Gasteiger partial charge in [-0.2, -0.15) is 11.3 Å². The average Bonchev–Trinajstić information content (AvgIpc) is 3.23. The van der Waals surface area contributed by atoms with Crippen molar-refractivity contribution in [1.82, 2.24) is 5.32 Å². The molecule has 3 aromatic rings. The van der Waals surface area contributed by atoms with E-state index in [1.54, 1.807) is 11.3 Å². The number of nitrogens with one attached hydrogen (secondary N) is 1. The molecule has 27 heavy (non-hydrogen) atoms. The van der Waals surface area contributed by atoms with Gasteiger partial charge in [0.05, 0.1) is 13.2 Å². The van der Waals surface area contributed by atoms with Crippen molar-refractivity contribution in [1.29, 1.82) is 0 Å². The monoisotopic (exact) mass is 381 g/mol. The largest absolute Gasteiger partial charge is 0.490 e. The summed E-state index contributed by atoms with van der Waals surface area (Å²) in [5, 5.41) is 7.10. The van der Waals surface area contributed by atoms with Crippen LogP contribution >= 0.6 is 11.3 Å². The second-order valence-corrected chi connectivity index (χ2v) is 6.70. The SMILES string of the molecule is CCOc1ccc(CNC(=O)c2ccc(-c3ccsc3)cc2)cc1OCC. The maximum atomic E-state index is 12.4. The Morgan fingerprint density at radius 2 is 1.67 bits per heavy atom. The van der Waals surface area contributed by atoms with Gasteiger partial charge in [0.1, 0.15) is 0 Å². The van der Waals surface area contributed by atoms with Crippen molar-refractivity contribution in [2.24, 2.45) is 0 Å². The average molecular weight is 381 g/mol. The summed E-state index contributed by atoms with van der Waals surface area (Å²) in [6.45, 7) is 5.44. The van der Waals surface area contributed by atoms with Crippen LogP contribution in [0.15, 0.2) is 59.3 Å². The lowest BCUT2D eigenvalue weighted by molar-refractivity contribution is 0.0951. The fraction of sp³-hybridized carbons (Fsp3) is 0.227.